The molecule has 0 amide bonds. The summed E-state index contributed by atoms with van der Waals surface area (Å²) in [4.78, 5) is 0. The average Bonchev–Trinajstić information content (AvgIpc) is 1.30. The van der Waals surface area contributed by atoms with Crippen LogP contribution in [0.25, 0.3) is 0 Å². The van der Waals surface area contributed by atoms with Crippen molar-refractivity contribution in [2.24, 2.45) is 0 Å². The molecule has 0 spiro atoms. The zero-order valence-corrected chi connectivity index (χ0v) is 7.44. The fraction of sp³-hybridized carbons (Fsp3) is 0.667. The lowest BCUT2D eigenvalue weighted by Gasteiger charge is -2.05. The van der Waals surface area contributed by atoms with Gasteiger partial charge in [-0.2, -0.15) is 0 Å². The van der Waals surface area contributed by atoms with Crippen LogP contribution >= 0.6 is 34.8 Å². The molecule has 0 saturated heterocycles. The van der Waals surface area contributed by atoms with Crippen molar-refractivity contribution >= 4 is 44.3 Å². The number of alkyl halides is 3. The highest BCUT2D eigenvalue weighted by Gasteiger charge is 2.17. The molecule has 0 aliphatic heterocycles. The van der Waals surface area contributed by atoms with E-state index in [0.29, 0.717) is 0 Å². The van der Waals surface area contributed by atoms with Gasteiger partial charge in [-0.1, -0.05) is 47.8 Å². The Kier molecular flexibility index (Phi) is 3.67. The molecule has 0 aliphatic rings. The predicted octanol–water partition coefficient (Wildman–Crippen LogP) is 1.74. The highest BCUT2D eigenvalue weighted by Crippen LogP contribution is 2.24. The van der Waals surface area contributed by atoms with Gasteiger partial charge in [0.15, 0.2) is 3.42 Å². The Morgan fingerprint density at radius 2 is 1.86 bits per heavy atom. The van der Waals surface area contributed by atoms with Gasteiger partial charge >= 0.3 is 0 Å². The van der Waals surface area contributed by atoms with Crippen molar-refractivity contribution in [3.05, 3.63) is 6.92 Å². The van der Waals surface area contributed by atoms with Gasteiger partial charge in [-0.3, -0.25) is 0 Å². The molecule has 0 fully saturated rings. The normalized spacial score (nSPS) is 13.7. The molecular weight excluding hydrogens is 170 g/mol. The standard InChI is InChI=1S/C3H6Cl3Si/c1-2-7-3(4,5)6/h1-2,7H2. The smallest absolute Gasteiger partial charge is 0.0890 e. The maximum Gasteiger partial charge on any atom is 0.169 e. The fourth-order valence-electron chi connectivity index (χ4n) is 0.200. The lowest BCUT2D eigenvalue weighted by atomic mass is 11.0. The molecule has 0 saturated carbocycles. The highest BCUT2D eigenvalue weighted by molar-refractivity contribution is 6.87. The maximum absolute atomic E-state index is 5.39. The summed E-state index contributed by atoms with van der Waals surface area (Å²) in [6.07, 6.45) is 0. The van der Waals surface area contributed by atoms with E-state index in [2.05, 4.69) is 6.92 Å². The molecular formula is C3H6Cl3Si. The third-order valence-corrected chi connectivity index (χ3v) is 3.08. The molecule has 0 rings (SSSR count). The molecule has 43 valence electrons. The zero-order valence-electron chi connectivity index (χ0n) is 3.76. The summed E-state index contributed by atoms with van der Waals surface area (Å²) in [5.74, 6) is 0. The van der Waals surface area contributed by atoms with Gasteiger partial charge in [0.25, 0.3) is 0 Å². The molecule has 1 radical (unpaired) electrons. The summed E-state index contributed by atoms with van der Waals surface area (Å²) in [6.45, 7) is 3.58. The summed E-state index contributed by atoms with van der Waals surface area (Å²) in [6, 6.07) is 0.802. The lowest BCUT2D eigenvalue weighted by Crippen LogP contribution is -2.11. The van der Waals surface area contributed by atoms with Gasteiger partial charge in [0.05, 0.1) is 9.52 Å². The second-order valence-corrected chi connectivity index (χ2v) is 7.35. The van der Waals surface area contributed by atoms with Gasteiger partial charge in [-0.05, 0) is 0 Å². The number of rotatable bonds is 1. The minimum atomic E-state index is -0.957. The Labute approximate surface area is 61.0 Å². The topological polar surface area (TPSA) is 0 Å². The van der Waals surface area contributed by atoms with Crippen molar-refractivity contribution in [1.29, 1.82) is 0 Å². The highest BCUT2D eigenvalue weighted by atomic mass is 35.6. The SMILES string of the molecule is [CH2]C[SiH2]C(Cl)(Cl)Cl. The fourth-order valence-corrected chi connectivity index (χ4v) is 1.80. The van der Waals surface area contributed by atoms with E-state index in [9.17, 15) is 0 Å². The van der Waals surface area contributed by atoms with Gasteiger partial charge < -0.3 is 0 Å². The summed E-state index contributed by atoms with van der Waals surface area (Å²) >= 11 is 16.2. The first-order valence-corrected chi connectivity index (χ1v) is 4.76. The minimum absolute atomic E-state index is 0.555. The molecule has 0 unspecified atom stereocenters. The Balaban J connectivity index is 3.15. The quantitative estimate of drug-likeness (QED) is 0.422. The van der Waals surface area contributed by atoms with E-state index in [0.717, 1.165) is 6.04 Å². The minimum Gasteiger partial charge on any atom is -0.0890 e. The van der Waals surface area contributed by atoms with Crippen molar-refractivity contribution in [3.63, 3.8) is 0 Å². The number of hydrogen-bond donors (Lipinski definition) is 0. The van der Waals surface area contributed by atoms with Crippen molar-refractivity contribution in [2.75, 3.05) is 0 Å². The third-order valence-electron chi connectivity index (χ3n) is 0.460. The maximum atomic E-state index is 5.39. The monoisotopic (exact) mass is 175 g/mol. The first-order valence-electron chi connectivity index (χ1n) is 1.92. The van der Waals surface area contributed by atoms with Gasteiger partial charge in [0, 0.05) is 0 Å². The van der Waals surface area contributed by atoms with Crippen LogP contribution in [0.4, 0.5) is 0 Å². The van der Waals surface area contributed by atoms with E-state index < -0.39 is 12.9 Å². The lowest BCUT2D eigenvalue weighted by molar-refractivity contribution is 1.58. The molecule has 0 aromatic rings. The van der Waals surface area contributed by atoms with Gasteiger partial charge in [0.2, 0.25) is 0 Å². The van der Waals surface area contributed by atoms with Crippen LogP contribution in [0.15, 0.2) is 0 Å². The van der Waals surface area contributed by atoms with Crippen LogP contribution in [0.3, 0.4) is 0 Å². The molecule has 0 heterocycles. The van der Waals surface area contributed by atoms with Crippen molar-refractivity contribution in [2.45, 2.75) is 9.46 Å². The zero-order chi connectivity index (χ0) is 5.91. The van der Waals surface area contributed by atoms with Gasteiger partial charge in [-0.25, -0.2) is 0 Å². The van der Waals surface area contributed by atoms with E-state index >= 15 is 0 Å². The van der Waals surface area contributed by atoms with Crippen LogP contribution in [0.5, 0.6) is 0 Å². The molecule has 0 aliphatic carbocycles. The van der Waals surface area contributed by atoms with Crippen LogP contribution in [-0.4, -0.2) is 12.9 Å². The Bertz CT molecular complexity index is 48.6. The summed E-state index contributed by atoms with van der Waals surface area (Å²) in [7, 11) is -0.555. The molecule has 0 N–H and O–H groups in total. The Morgan fingerprint density at radius 1 is 1.43 bits per heavy atom. The third kappa shape index (κ3) is 7.09. The van der Waals surface area contributed by atoms with Gasteiger partial charge in [0.1, 0.15) is 0 Å². The number of hydrogen-bond acceptors (Lipinski definition) is 0. The first-order chi connectivity index (χ1) is 3.06. The van der Waals surface area contributed by atoms with Crippen LogP contribution < -0.4 is 0 Å². The largest absolute Gasteiger partial charge is 0.169 e. The van der Waals surface area contributed by atoms with Crippen LogP contribution in [0, 0.1) is 6.92 Å². The van der Waals surface area contributed by atoms with E-state index in [1.54, 1.807) is 0 Å². The second-order valence-electron chi connectivity index (χ2n) is 1.22. The molecule has 0 aromatic carbocycles. The number of halogens is 3. The summed E-state index contributed by atoms with van der Waals surface area (Å²) in [5.41, 5.74) is 0. The Hall–Kier alpha value is 1.09. The molecule has 0 aromatic heterocycles. The second kappa shape index (κ2) is 3.18. The van der Waals surface area contributed by atoms with Gasteiger partial charge in [-0.15, -0.1) is 0 Å². The molecule has 4 heteroatoms. The molecule has 0 nitrogen and oxygen atoms in total. The van der Waals surface area contributed by atoms with Crippen LogP contribution in [0.1, 0.15) is 0 Å². The van der Waals surface area contributed by atoms with Crippen LogP contribution in [0.2, 0.25) is 6.04 Å². The summed E-state index contributed by atoms with van der Waals surface area (Å²) < 4.78 is -0.957. The predicted molar refractivity (Wildman–Crippen MR) is 39.0 cm³/mol. The molecule has 0 bridgehead atoms. The van der Waals surface area contributed by atoms with Crippen LogP contribution in [-0.2, 0) is 0 Å². The van der Waals surface area contributed by atoms with Crippen molar-refractivity contribution in [1.82, 2.24) is 0 Å². The van der Waals surface area contributed by atoms with Crippen molar-refractivity contribution in [3.8, 4) is 0 Å². The van der Waals surface area contributed by atoms with E-state index in [-0.39, 0.29) is 0 Å². The van der Waals surface area contributed by atoms with Crippen molar-refractivity contribution < 1.29 is 0 Å². The van der Waals surface area contributed by atoms with E-state index in [1.807, 2.05) is 0 Å². The van der Waals surface area contributed by atoms with E-state index in [1.165, 1.54) is 0 Å². The first kappa shape index (κ1) is 8.09. The van der Waals surface area contributed by atoms with E-state index in [4.69, 9.17) is 34.8 Å². The average molecular weight is 177 g/mol. The Morgan fingerprint density at radius 3 is 1.86 bits per heavy atom. The molecule has 7 heavy (non-hydrogen) atoms. The summed E-state index contributed by atoms with van der Waals surface area (Å²) in [5, 5.41) is 0. The molecule has 0 atom stereocenters.